The summed E-state index contributed by atoms with van der Waals surface area (Å²) in [4.78, 5) is 5.42. The number of hydrogen-bond acceptors (Lipinski definition) is 3. The second-order valence-electron chi connectivity index (χ2n) is 37.2. The molecule has 6 nitrogen and oxygen atoms in total. The van der Waals surface area contributed by atoms with Crippen LogP contribution in [0.15, 0.2) is 344 Å². The van der Waals surface area contributed by atoms with Crippen LogP contribution >= 0.6 is 0 Å². The first-order valence-corrected chi connectivity index (χ1v) is 42.2. The standard InChI is InChI=1S/C112H92BN5O/c1-109(2,3)73-51-57-93-86(61-73)87-62-74(110(4,5)6)52-58-94(87)114(93)77-55-56-90-97(65-77)117(106-79(69-33-17-13-18-34-69)44-31-45-80(106)70-35-19-14-20-36-70)99-66-78(115-91-48-28-25-41-83(91)84-42-26-29-49-92(84)115)67-100-104(99)113(90)105-101(118(100)107-81(71-37-21-15-22-38-71)46-32-47-82(107)72-39-23-16-24-40-72)68-98(103-85-43-27-30-50-102(85)119-108(103)105)116-95-59-53-75(111(7,8)9)63-88(95)89-64-76(112(10,11)12)54-60-96(89)116/h13-68H,1-12H3. The molecule has 20 aromatic rings. The van der Waals surface area contributed by atoms with Crippen molar-refractivity contribution in [3.05, 3.63) is 362 Å². The summed E-state index contributed by atoms with van der Waals surface area (Å²) in [7, 11) is 0. The fourth-order valence-corrected chi connectivity index (χ4v) is 19.9. The van der Waals surface area contributed by atoms with E-state index in [9.17, 15) is 0 Å². The molecule has 0 bridgehead atoms. The Hall–Kier alpha value is -13.6. The Morgan fingerprint density at radius 3 is 0.992 bits per heavy atom. The van der Waals surface area contributed by atoms with Crippen molar-refractivity contribution >= 4 is 145 Å². The van der Waals surface area contributed by atoms with Gasteiger partial charge in [0.05, 0.1) is 61.2 Å². The largest absolute Gasteiger partial charge is 0.456 e. The van der Waals surface area contributed by atoms with E-state index in [0.717, 1.165) is 167 Å². The highest BCUT2D eigenvalue weighted by molar-refractivity contribution is 7.01. The van der Waals surface area contributed by atoms with Crippen LogP contribution in [0.25, 0.3) is 149 Å². The minimum absolute atomic E-state index is 0.0934. The van der Waals surface area contributed by atoms with Gasteiger partial charge in [0.15, 0.2) is 0 Å². The minimum Gasteiger partial charge on any atom is -0.456 e. The molecule has 2 aliphatic heterocycles. The number of hydrogen-bond donors (Lipinski definition) is 0. The predicted molar refractivity (Wildman–Crippen MR) is 507 cm³/mol. The van der Waals surface area contributed by atoms with Gasteiger partial charge in [0, 0.05) is 88.4 Å². The van der Waals surface area contributed by atoms with E-state index in [0.29, 0.717) is 0 Å². The van der Waals surface area contributed by atoms with E-state index in [4.69, 9.17) is 4.42 Å². The van der Waals surface area contributed by atoms with Gasteiger partial charge in [-0.1, -0.05) is 326 Å². The molecule has 0 saturated heterocycles. The fourth-order valence-electron chi connectivity index (χ4n) is 19.9. The first-order valence-electron chi connectivity index (χ1n) is 42.2. The van der Waals surface area contributed by atoms with Crippen LogP contribution in [-0.4, -0.2) is 20.4 Å². The van der Waals surface area contributed by atoms with Crippen molar-refractivity contribution in [3.63, 3.8) is 0 Å². The molecule has 119 heavy (non-hydrogen) atoms. The Bertz CT molecular complexity index is 7250. The molecule has 0 N–H and O–H groups in total. The molecule has 0 amide bonds. The van der Waals surface area contributed by atoms with Gasteiger partial charge in [0.2, 0.25) is 0 Å². The molecule has 7 heteroatoms. The van der Waals surface area contributed by atoms with Gasteiger partial charge in [-0.2, -0.15) is 0 Å². The van der Waals surface area contributed by atoms with Crippen LogP contribution in [0.5, 0.6) is 0 Å². The molecular weight excluding hydrogens is 1440 g/mol. The zero-order chi connectivity index (χ0) is 80.9. The number of nitrogens with zero attached hydrogens (tertiary/aromatic N) is 5. The van der Waals surface area contributed by atoms with Crippen LogP contribution in [0.3, 0.4) is 0 Å². The van der Waals surface area contributed by atoms with Crippen LogP contribution in [-0.2, 0) is 21.7 Å². The van der Waals surface area contributed by atoms with Gasteiger partial charge in [-0.25, -0.2) is 0 Å². The SMILES string of the molecule is CC(C)(C)c1ccc2c(c1)c1cc(C(C)(C)C)ccc1n2-c1ccc2c(c1)N(c1c(-c3ccccc3)cccc1-c1ccccc1)c1cc(-n3c4ccccc4c4ccccc43)cc3c1B2c1c(cc(-n2c4ccc(C(C)(C)C)cc4c4cc(C(C)(C)C)ccc42)c2c1oc1ccccc12)N3c1c(-c2ccccc2)cccc1-c1ccccc1. The van der Waals surface area contributed by atoms with Crippen molar-refractivity contribution in [2.24, 2.45) is 0 Å². The lowest BCUT2D eigenvalue weighted by Crippen LogP contribution is -2.61. The zero-order valence-corrected chi connectivity index (χ0v) is 69.6. The summed E-state index contributed by atoms with van der Waals surface area (Å²) >= 11 is 0. The van der Waals surface area contributed by atoms with Gasteiger partial charge in [0.25, 0.3) is 6.71 Å². The number of rotatable bonds is 9. The van der Waals surface area contributed by atoms with E-state index in [1.165, 1.54) is 54.6 Å². The normalized spacial score (nSPS) is 13.2. The van der Waals surface area contributed by atoms with E-state index in [1.807, 2.05) is 0 Å². The summed E-state index contributed by atoms with van der Waals surface area (Å²) in [6.45, 7) is 27.6. The molecule has 0 fully saturated rings. The molecule has 574 valence electrons. The first kappa shape index (κ1) is 71.9. The van der Waals surface area contributed by atoms with Gasteiger partial charge in [0.1, 0.15) is 11.2 Å². The zero-order valence-electron chi connectivity index (χ0n) is 69.6. The van der Waals surface area contributed by atoms with E-state index in [2.05, 4.69) is 446 Å². The summed E-state index contributed by atoms with van der Waals surface area (Å²) in [6.07, 6.45) is 0. The molecule has 0 atom stereocenters. The summed E-state index contributed by atoms with van der Waals surface area (Å²) in [5, 5.41) is 9.39. The fraction of sp³-hybridized carbons (Fsp3) is 0.143. The summed E-state index contributed by atoms with van der Waals surface area (Å²) < 4.78 is 15.8. The molecule has 6 heterocycles. The quantitative estimate of drug-likeness (QED) is 0.135. The van der Waals surface area contributed by atoms with Crippen molar-refractivity contribution in [1.29, 1.82) is 0 Å². The van der Waals surface area contributed by atoms with Crippen LogP contribution in [0.2, 0.25) is 0 Å². The third-order valence-electron chi connectivity index (χ3n) is 25.8. The van der Waals surface area contributed by atoms with Crippen LogP contribution < -0.4 is 26.2 Å². The van der Waals surface area contributed by atoms with Crippen molar-refractivity contribution in [2.75, 3.05) is 9.80 Å². The average molecular weight is 1530 g/mol. The van der Waals surface area contributed by atoms with Crippen molar-refractivity contribution < 1.29 is 4.42 Å². The van der Waals surface area contributed by atoms with Gasteiger partial charge in [-0.05, 0) is 180 Å². The average Bonchev–Trinajstić information content (AvgIpc) is 1.67. The number of benzene rings is 16. The van der Waals surface area contributed by atoms with Crippen molar-refractivity contribution in [1.82, 2.24) is 13.7 Å². The number of anilines is 6. The van der Waals surface area contributed by atoms with E-state index in [1.54, 1.807) is 0 Å². The summed E-state index contributed by atoms with van der Waals surface area (Å²) in [5.41, 5.74) is 34.9. The van der Waals surface area contributed by atoms with Gasteiger partial charge >= 0.3 is 0 Å². The number of aromatic nitrogens is 3. The lowest BCUT2D eigenvalue weighted by atomic mass is 9.33. The molecule has 0 radical (unpaired) electrons. The smallest absolute Gasteiger partial charge is 0.257 e. The van der Waals surface area contributed by atoms with E-state index < -0.39 is 6.71 Å². The van der Waals surface area contributed by atoms with E-state index in [-0.39, 0.29) is 21.7 Å². The third kappa shape index (κ3) is 11.2. The maximum Gasteiger partial charge on any atom is 0.257 e. The van der Waals surface area contributed by atoms with Crippen LogP contribution in [0.4, 0.5) is 34.1 Å². The maximum absolute atomic E-state index is 8.11. The Morgan fingerprint density at radius 1 is 0.244 bits per heavy atom. The molecule has 4 aromatic heterocycles. The van der Waals surface area contributed by atoms with Crippen LogP contribution in [0.1, 0.15) is 105 Å². The van der Waals surface area contributed by atoms with Crippen molar-refractivity contribution in [2.45, 2.75) is 105 Å². The maximum atomic E-state index is 8.11. The minimum atomic E-state index is -0.465. The third-order valence-corrected chi connectivity index (χ3v) is 25.8. The molecule has 0 spiro atoms. The summed E-state index contributed by atoms with van der Waals surface area (Å²) in [5.74, 6) is 0. The molecular formula is C112H92BN5O. The molecule has 0 unspecified atom stereocenters. The number of furan rings is 1. The first-order chi connectivity index (χ1) is 57.6. The molecule has 0 aliphatic carbocycles. The second kappa shape index (κ2) is 26.4. The van der Waals surface area contributed by atoms with Gasteiger partial charge in [-0.15, -0.1) is 0 Å². The Balaban J connectivity index is 0.969. The molecule has 22 rings (SSSR count). The molecule has 0 saturated carbocycles. The second-order valence-corrected chi connectivity index (χ2v) is 37.2. The van der Waals surface area contributed by atoms with Gasteiger partial charge < -0.3 is 27.9 Å². The highest BCUT2D eigenvalue weighted by atomic mass is 16.3. The summed E-state index contributed by atoms with van der Waals surface area (Å²) in [6, 6.07) is 129. The van der Waals surface area contributed by atoms with Gasteiger partial charge in [-0.3, -0.25) is 0 Å². The molecule has 16 aromatic carbocycles. The lowest BCUT2D eigenvalue weighted by molar-refractivity contribution is 0.590. The van der Waals surface area contributed by atoms with Crippen molar-refractivity contribution in [3.8, 4) is 61.6 Å². The van der Waals surface area contributed by atoms with Crippen LogP contribution in [0, 0.1) is 0 Å². The topological polar surface area (TPSA) is 34.4 Å². The highest BCUT2D eigenvalue weighted by Crippen LogP contribution is 2.57. The lowest BCUT2D eigenvalue weighted by Gasteiger charge is -2.46. The number of para-hydroxylation sites is 5. The Kier molecular flexibility index (Phi) is 16.0. The molecule has 2 aliphatic rings. The highest BCUT2D eigenvalue weighted by Gasteiger charge is 2.48. The Labute approximate surface area is 696 Å². The van der Waals surface area contributed by atoms with E-state index >= 15 is 0 Å². The number of fused-ring (bicyclic) bond motifs is 17. The monoisotopic (exact) mass is 1530 g/mol. The Morgan fingerprint density at radius 2 is 0.580 bits per heavy atom. The predicted octanol–water partition coefficient (Wildman–Crippen LogP) is 28.8.